The number of para-hydroxylation sites is 1. The lowest BCUT2D eigenvalue weighted by Crippen LogP contribution is -2.64. The van der Waals surface area contributed by atoms with E-state index in [1.807, 2.05) is 59.0 Å². The molecule has 1 saturated heterocycles. The number of ether oxygens (including phenoxy) is 4. The number of benzene rings is 3. The lowest BCUT2D eigenvalue weighted by Gasteiger charge is -2.69. The van der Waals surface area contributed by atoms with Crippen LogP contribution >= 0.6 is 11.3 Å². The van der Waals surface area contributed by atoms with E-state index in [1.54, 1.807) is 32.2 Å². The van der Waals surface area contributed by atoms with Crippen molar-refractivity contribution in [3.8, 4) is 11.1 Å². The molecule has 7 aliphatic rings. The molecule has 121 heavy (non-hydrogen) atoms. The fraction of sp³-hybridized carbons (Fsp3) is 0.530. The van der Waals surface area contributed by atoms with Crippen LogP contribution in [0.5, 0.6) is 0 Å². The Morgan fingerprint density at radius 1 is 0.777 bits per heavy atom. The highest BCUT2D eigenvalue weighted by Gasteiger charge is 2.66. The summed E-state index contributed by atoms with van der Waals surface area (Å²) in [5.74, 6) is -8.52. The first kappa shape index (κ1) is 90.0. The Hall–Kier alpha value is -10.3. The van der Waals surface area contributed by atoms with E-state index in [-0.39, 0.29) is 92.2 Å². The average Bonchev–Trinajstić information content (AvgIpc) is 0.931. The molecular formula is C83H104N12O24S2. The van der Waals surface area contributed by atoms with E-state index < -0.39 is 162 Å². The zero-order valence-corrected chi connectivity index (χ0v) is 69.7. The molecular weight excluding hydrogens is 1610 g/mol. The lowest BCUT2D eigenvalue weighted by atomic mass is 9.39. The standard InChI is InChI=1S/C83H104N12O24S2/c1-47(2)67(89-63(98)24-27-91(28-30-116-32-33-121(113,114)115)66(101)37-94-64(99)20-21-65(94)100)75(107)85-48(3)73(105)86-53-16-14-52(51(34-53)15-18-60-69(102)70(103)71(104)72(119-60)77(110)111)39-117-79(112)92(26-23-54(97)38-96)29-31-118-83-43-80(5)40-81(6,44-83)42-82(41-80,45-83)46-95-49(4)57(35-84-95)55-17-19-62(88-68(55)76(108)109)93-25-22-50-10-9-11-56(58(50)36-93)74(106)90-78-87-59-12-7-8-13-61(59)120-78/h7-14,16-17,19-21,34-35,47-48,54,60,67,69-72,96-97,102-104H,15,18,22-33,36-46H2,1-6H3,(H,85,107)(H,86,105)(H,89,98)(H,108,109)(H,110,111)(H,87,90,106)(H,113,114,115)/t48-,54-,60-,67-,69-,70-,71+,72-,80?,81?,82?,83?/m0/s1. The number of aromatic nitrogens is 4. The maximum absolute atomic E-state index is 14.5. The molecule has 5 fully saturated rings. The maximum atomic E-state index is 14.5. The molecule has 3 aromatic heterocycles. The Bertz CT molecular complexity index is 5010. The third-order valence-corrected chi connectivity index (χ3v) is 25.2. The van der Waals surface area contributed by atoms with Gasteiger partial charge in [-0.05, 0) is 165 Å². The van der Waals surface area contributed by atoms with Crippen LogP contribution in [-0.4, -0.2) is 268 Å². The number of aliphatic hydroxyl groups is 5. The van der Waals surface area contributed by atoms with Crippen molar-refractivity contribution >= 4 is 108 Å². The molecule has 3 aliphatic heterocycles. The summed E-state index contributed by atoms with van der Waals surface area (Å²) >= 11 is 1.39. The van der Waals surface area contributed by atoms with Crippen molar-refractivity contribution < 1.29 is 116 Å². The number of nitrogens with zero attached hydrogens (tertiary/aromatic N) is 8. The molecule has 12 N–H and O–H groups in total. The monoisotopic (exact) mass is 1720 g/mol. The Morgan fingerprint density at radius 2 is 1.50 bits per heavy atom. The number of aliphatic carboxylic acids is 1. The van der Waals surface area contributed by atoms with Crippen LogP contribution < -0.4 is 26.2 Å². The number of nitrogens with one attached hydrogen (secondary N) is 4. The van der Waals surface area contributed by atoms with Crippen molar-refractivity contribution in [2.75, 3.05) is 87.0 Å². The van der Waals surface area contributed by atoms with Crippen LogP contribution in [0.4, 0.5) is 21.4 Å². The van der Waals surface area contributed by atoms with E-state index in [0.717, 1.165) is 76.2 Å². The minimum atomic E-state index is -4.37. The summed E-state index contributed by atoms with van der Waals surface area (Å²) in [5.41, 5.74) is 4.27. The number of carbonyl (C=O) groups excluding carboxylic acids is 8. The first-order valence-electron chi connectivity index (χ1n) is 40.3. The van der Waals surface area contributed by atoms with E-state index in [4.69, 9.17) is 33.6 Å². The average molecular weight is 1720 g/mol. The summed E-state index contributed by atoms with van der Waals surface area (Å²) in [7, 11) is -4.37. The van der Waals surface area contributed by atoms with Crippen LogP contribution in [0, 0.1) is 29.1 Å². The van der Waals surface area contributed by atoms with Gasteiger partial charge in [-0.1, -0.05) is 69.4 Å². The van der Waals surface area contributed by atoms with Crippen molar-refractivity contribution in [1.29, 1.82) is 0 Å². The van der Waals surface area contributed by atoms with Crippen LogP contribution in [0.15, 0.2) is 91.1 Å². The van der Waals surface area contributed by atoms with Gasteiger partial charge in [-0.2, -0.15) is 13.5 Å². The number of fused-ring (bicyclic) bond motifs is 2. The van der Waals surface area contributed by atoms with Gasteiger partial charge in [0.2, 0.25) is 23.6 Å². The zero-order chi connectivity index (χ0) is 87.2. The number of hydrogen-bond acceptors (Lipinski definition) is 26. The summed E-state index contributed by atoms with van der Waals surface area (Å²) in [6, 6.07) is 18.8. The fourth-order valence-corrected chi connectivity index (χ4v) is 19.9. The van der Waals surface area contributed by atoms with Gasteiger partial charge in [-0.3, -0.25) is 53.0 Å². The molecule has 0 spiro atoms. The number of amides is 8. The number of hydrogen-bond donors (Lipinski definition) is 12. The lowest BCUT2D eigenvalue weighted by molar-refractivity contribution is -0.248. The van der Waals surface area contributed by atoms with E-state index in [9.17, 15) is 92.1 Å². The molecule has 3 aromatic carbocycles. The molecule has 652 valence electrons. The van der Waals surface area contributed by atoms with E-state index in [2.05, 4.69) is 40.1 Å². The Labute approximate surface area is 701 Å². The summed E-state index contributed by atoms with van der Waals surface area (Å²) < 4.78 is 58.4. The number of carboxylic acids is 2. The quantitative estimate of drug-likeness (QED) is 0.0145. The van der Waals surface area contributed by atoms with Crippen LogP contribution in [-0.2, 0) is 95.2 Å². The number of imide groups is 1. The van der Waals surface area contributed by atoms with Crippen molar-refractivity contribution in [3.63, 3.8) is 0 Å². The highest BCUT2D eigenvalue weighted by molar-refractivity contribution is 7.85. The largest absolute Gasteiger partial charge is 0.479 e. The number of rotatable bonds is 38. The number of thiazole rings is 1. The number of pyridine rings is 1. The molecule has 4 saturated carbocycles. The normalized spacial score (nSPS) is 23.7. The predicted molar refractivity (Wildman–Crippen MR) is 437 cm³/mol. The van der Waals surface area contributed by atoms with Gasteiger partial charge in [0.25, 0.3) is 27.8 Å². The van der Waals surface area contributed by atoms with Gasteiger partial charge in [-0.15, -0.1) is 0 Å². The number of carboxylic acid groups (broad SMARTS) is 2. The minimum Gasteiger partial charge on any atom is -0.479 e. The number of carbonyl (C=O) groups is 10. The minimum absolute atomic E-state index is 0.0150. The topological polar surface area (TPSA) is 508 Å². The third-order valence-electron chi connectivity index (χ3n) is 23.6. The first-order valence-corrected chi connectivity index (χ1v) is 42.7. The molecule has 0 radical (unpaired) electrons. The molecule has 8 amide bonds. The summed E-state index contributed by atoms with van der Waals surface area (Å²) in [4.78, 5) is 148. The molecule has 10 atom stereocenters. The number of aromatic carboxylic acids is 1. The van der Waals surface area contributed by atoms with Gasteiger partial charge in [0, 0.05) is 92.5 Å². The molecule has 6 aromatic rings. The van der Waals surface area contributed by atoms with E-state index in [1.165, 1.54) is 41.4 Å². The SMILES string of the molecule is Cc1c(-c2ccc(N3CCc4cccc(C(=O)Nc5nc6ccccc6s5)c4C3)nc2C(=O)O)cnn1CC12CC3(C)CC(C)(C1)CC(OCCN(CC[C@H](O)CO)C(=O)OCc1ccc(NC(=O)[C@H](C)NC(=O)[C@@H](NC(=O)CCN(CCOCCS(=O)(=O)O)C(=O)CN4C(=O)C=CC4=O)C(C)C)cc1CC[C@@H]1O[C@H](C(=O)O)[C@H](O)[C@@H](O)[C@H]1O)(C3)C2. The highest BCUT2D eigenvalue weighted by Crippen LogP contribution is 2.72. The van der Waals surface area contributed by atoms with Gasteiger partial charge < -0.3 is 85.3 Å². The summed E-state index contributed by atoms with van der Waals surface area (Å²) in [6.45, 7) is 9.42. The zero-order valence-electron chi connectivity index (χ0n) is 68.0. The highest BCUT2D eigenvalue weighted by atomic mass is 32.2. The van der Waals surface area contributed by atoms with Crippen molar-refractivity contribution in [1.82, 2.24) is 45.1 Å². The smallest absolute Gasteiger partial charge is 0.410 e. The van der Waals surface area contributed by atoms with Crippen molar-refractivity contribution in [2.24, 2.45) is 22.2 Å². The summed E-state index contributed by atoms with van der Waals surface area (Å²) in [6.07, 6.45) is -2.66. The number of aryl methyl sites for hydroxylation is 1. The van der Waals surface area contributed by atoms with Crippen LogP contribution in [0.3, 0.4) is 0 Å². The van der Waals surface area contributed by atoms with Gasteiger partial charge in [0.05, 0.1) is 66.4 Å². The van der Waals surface area contributed by atoms with Crippen LogP contribution in [0.25, 0.3) is 21.3 Å². The molecule has 36 nitrogen and oxygen atoms in total. The number of aliphatic hydroxyl groups excluding tert-OH is 5. The Balaban J connectivity index is 0.696. The second kappa shape index (κ2) is 37.6. The van der Waals surface area contributed by atoms with E-state index in [0.29, 0.717) is 76.1 Å². The third kappa shape index (κ3) is 21.6. The first-order chi connectivity index (χ1) is 57.3. The Morgan fingerprint density at radius 3 is 2.20 bits per heavy atom. The molecule has 38 heteroatoms. The summed E-state index contributed by atoms with van der Waals surface area (Å²) in [5, 5.41) is 89.8. The molecule has 2 unspecified atom stereocenters. The molecule has 13 rings (SSSR count). The number of anilines is 3. The van der Waals surface area contributed by atoms with Crippen LogP contribution in [0.2, 0.25) is 0 Å². The maximum Gasteiger partial charge on any atom is 0.410 e. The van der Waals surface area contributed by atoms with Crippen LogP contribution in [0.1, 0.15) is 141 Å². The van der Waals surface area contributed by atoms with Gasteiger partial charge in [0.15, 0.2) is 16.9 Å². The molecule has 6 heterocycles. The fourth-order valence-electron chi connectivity index (χ4n) is 18.7. The van der Waals surface area contributed by atoms with Gasteiger partial charge in [0.1, 0.15) is 49.4 Å². The second-order valence-electron chi connectivity index (χ2n) is 33.7. The Kier molecular flexibility index (Phi) is 28.0. The molecule has 4 bridgehead atoms. The second-order valence-corrected chi connectivity index (χ2v) is 36.3. The van der Waals surface area contributed by atoms with Crippen molar-refractivity contribution in [2.45, 2.75) is 186 Å². The van der Waals surface area contributed by atoms with E-state index >= 15 is 0 Å². The van der Waals surface area contributed by atoms with Crippen molar-refractivity contribution in [3.05, 3.63) is 130 Å². The molecule has 4 aliphatic carbocycles. The predicted octanol–water partition coefficient (Wildman–Crippen LogP) is 4.39. The van der Waals surface area contributed by atoms with Gasteiger partial charge >= 0.3 is 18.0 Å². The van der Waals surface area contributed by atoms with Gasteiger partial charge in [-0.25, -0.2) is 24.4 Å².